The zero-order valence-corrected chi connectivity index (χ0v) is 18.9. The molecular weight excluding hydrogens is 476 g/mol. The van der Waals surface area contributed by atoms with Gasteiger partial charge >= 0.3 is 0 Å². The number of anilines is 2. The SMILES string of the molecule is O=C(NC1CC(=O)N(c2ccc(N3CCCNCC3)c(Cl)c2)C1)c1ccc(Br)s1. The van der Waals surface area contributed by atoms with Gasteiger partial charge in [0.2, 0.25) is 5.91 Å². The number of nitrogens with one attached hydrogen (secondary N) is 2. The molecule has 0 bridgehead atoms. The summed E-state index contributed by atoms with van der Waals surface area (Å²) < 4.78 is 0.904. The van der Waals surface area contributed by atoms with Crippen LogP contribution in [0.15, 0.2) is 34.1 Å². The summed E-state index contributed by atoms with van der Waals surface area (Å²) in [4.78, 5) is 29.5. The molecular formula is C20H22BrClN4O2S. The molecule has 1 unspecified atom stereocenters. The topological polar surface area (TPSA) is 64.7 Å². The lowest BCUT2D eigenvalue weighted by Gasteiger charge is -2.25. The second-order valence-electron chi connectivity index (χ2n) is 7.21. The third kappa shape index (κ3) is 4.77. The van der Waals surface area contributed by atoms with Gasteiger partial charge in [-0.25, -0.2) is 0 Å². The van der Waals surface area contributed by atoms with Gasteiger partial charge in [0.1, 0.15) is 0 Å². The molecule has 2 saturated heterocycles. The van der Waals surface area contributed by atoms with E-state index in [1.165, 1.54) is 11.3 Å². The highest BCUT2D eigenvalue weighted by Gasteiger charge is 2.32. The number of thiophene rings is 1. The molecule has 2 fully saturated rings. The van der Waals surface area contributed by atoms with E-state index in [0.717, 1.165) is 47.8 Å². The maximum absolute atomic E-state index is 12.6. The second-order valence-corrected chi connectivity index (χ2v) is 10.1. The highest BCUT2D eigenvalue weighted by molar-refractivity contribution is 9.11. The summed E-state index contributed by atoms with van der Waals surface area (Å²) in [7, 11) is 0. The van der Waals surface area contributed by atoms with E-state index in [-0.39, 0.29) is 24.3 Å². The number of hydrogen-bond acceptors (Lipinski definition) is 5. The number of carbonyl (C=O) groups excluding carboxylic acids is 2. The fraction of sp³-hybridized carbons (Fsp3) is 0.400. The van der Waals surface area contributed by atoms with Crippen molar-refractivity contribution < 1.29 is 9.59 Å². The quantitative estimate of drug-likeness (QED) is 0.679. The third-order valence-corrected chi connectivity index (χ3v) is 7.11. The maximum Gasteiger partial charge on any atom is 0.261 e. The van der Waals surface area contributed by atoms with Gasteiger partial charge in [0.25, 0.3) is 5.91 Å². The number of nitrogens with zero attached hydrogens (tertiary/aromatic N) is 2. The van der Waals surface area contributed by atoms with Crippen molar-refractivity contribution in [2.75, 3.05) is 42.5 Å². The average Bonchev–Trinajstić information content (AvgIpc) is 3.17. The average molecular weight is 498 g/mol. The van der Waals surface area contributed by atoms with Crippen LogP contribution in [0.5, 0.6) is 0 Å². The van der Waals surface area contributed by atoms with E-state index >= 15 is 0 Å². The molecule has 0 radical (unpaired) electrons. The summed E-state index contributed by atoms with van der Waals surface area (Å²) >= 11 is 11.3. The highest BCUT2D eigenvalue weighted by atomic mass is 79.9. The molecule has 1 aromatic heterocycles. The van der Waals surface area contributed by atoms with Gasteiger partial charge in [0.05, 0.1) is 25.4 Å². The third-order valence-electron chi connectivity index (χ3n) is 5.18. The molecule has 1 aromatic carbocycles. The first-order valence-corrected chi connectivity index (χ1v) is 11.6. The van der Waals surface area contributed by atoms with Crippen LogP contribution >= 0.6 is 38.9 Å². The van der Waals surface area contributed by atoms with Crippen LogP contribution in [0.25, 0.3) is 0 Å². The van der Waals surface area contributed by atoms with Gasteiger partial charge in [0.15, 0.2) is 0 Å². The molecule has 3 heterocycles. The molecule has 2 aliphatic heterocycles. The van der Waals surface area contributed by atoms with E-state index in [9.17, 15) is 9.59 Å². The van der Waals surface area contributed by atoms with Crippen LogP contribution in [-0.2, 0) is 4.79 Å². The first-order valence-electron chi connectivity index (χ1n) is 9.63. The zero-order chi connectivity index (χ0) is 20.4. The molecule has 2 amide bonds. The van der Waals surface area contributed by atoms with E-state index in [0.29, 0.717) is 16.4 Å². The van der Waals surface area contributed by atoms with Crippen molar-refractivity contribution >= 4 is 62.1 Å². The van der Waals surface area contributed by atoms with Gasteiger partial charge in [-0.05, 0) is 59.2 Å². The molecule has 0 aliphatic carbocycles. The minimum atomic E-state index is -0.217. The summed E-state index contributed by atoms with van der Waals surface area (Å²) in [6.07, 6.45) is 1.36. The Bertz CT molecular complexity index is 914. The Hall–Kier alpha value is -1.61. The van der Waals surface area contributed by atoms with Crippen LogP contribution < -0.4 is 20.4 Å². The van der Waals surface area contributed by atoms with E-state index in [2.05, 4.69) is 31.5 Å². The molecule has 2 N–H and O–H groups in total. The van der Waals surface area contributed by atoms with Crippen LogP contribution in [0, 0.1) is 0 Å². The molecule has 29 heavy (non-hydrogen) atoms. The predicted molar refractivity (Wildman–Crippen MR) is 121 cm³/mol. The number of halogens is 2. The van der Waals surface area contributed by atoms with E-state index < -0.39 is 0 Å². The Morgan fingerprint density at radius 1 is 1.24 bits per heavy atom. The Balaban J connectivity index is 1.43. The lowest BCUT2D eigenvalue weighted by atomic mass is 10.2. The van der Waals surface area contributed by atoms with Gasteiger partial charge in [0, 0.05) is 38.3 Å². The first kappa shape index (κ1) is 20.7. The van der Waals surface area contributed by atoms with E-state index in [4.69, 9.17) is 11.6 Å². The van der Waals surface area contributed by atoms with Gasteiger partial charge in [-0.1, -0.05) is 11.6 Å². The second kappa shape index (κ2) is 9.04. The predicted octanol–water partition coefficient (Wildman–Crippen LogP) is 3.50. The summed E-state index contributed by atoms with van der Waals surface area (Å²) in [5.74, 6) is -0.158. The van der Waals surface area contributed by atoms with Gasteiger partial charge in [-0.3, -0.25) is 9.59 Å². The molecule has 0 spiro atoms. The van der Waals surface area contributed by atoms with Gasteiger partial charge in [-0.15, -0.1) is 11.3 Å². The van der Waals surface area contributed by atoms with Crippen molar-refractivity contribution in [1.82, 2.24) is 10.6 Å². The number of amides is 2. The van der Waals surface area contributed by atoms with Gasteiger partial charge in [-0.2, -0.15) is 0 Å². The molecule has 9 heteroatoms. The fourth-order valence-corrected chi connectivity index (χ4v) is 5.34. The summed E-state index contributed by atoms with van der Waals surface area (Å²) in [6, 6.07) is 9.19. The van der Waals surface area contributed by atoms with E-state index in [1.54, 1.807) is 11.0 Å². The minimum Gasteiger partial charge on any atom is -0.369 e. The van der Waals surface area contributed by atoms with Crippen molar-refractivity contribution in [2.45, 2.75) is 18.9 Å². The number of carbonyl (C=O) groups is 2. The zero-order valence-electron chi connectivity index (χ0n) is 15.8. The van der Waals surface area contributed by atoms with Crippen LogP contribution in [0.1, 0.15) is 22.5 Å². The maximum atomic E-state index is 12.6. The Morgan fingerprint density at radius 2 is 2.10 bits per heavy atom. The van der Waals surface area contributed by atoms with Crippen LogP contribution in [-0.4, -0.2) is 50.6 Å². The standard InChI is InChI=1S/C20H22BrClN4O2S/c21-18-5-4-17(29-18)20(28)24-13-10-19(27)26(12-13)14-2-3-16(15(22)11-14)25-8-1-6-23-7-9-25/h2-5,11,13,23H,1,6-10,12H2,(H,24,28). The molecule has 6 nitrogen and oxygen atoms in total. The van der Waals surface area contributed by atoms with Gasteiger partial charge < -0.3 is 20.4 Å². The Labute approximate surface area is 187 Å². The van der Waals surface area contributed by atoms with Crippen molar-refractivity contribution in [2.24, 2.45) is 0 Å². The van der Waals surface area contributed by atoms with Crippen LogP contribution in [0.2, 0.25) is 5.02 Å². The molecule has 4 rings (SSSR count). The Kier molecular flexibility index (Phi) is 6.44. The fourth-order valence-electron chi connectivity index (χ4n) is 3.75. The number of hydrogen-bond donors (Lipinski definition) is 2. The normalized spacial score (nSPS) is 20.1. The summed E-state index contributed by atoms with van der Waals surface area (Å²) in [5.41, 5.74) is 1.77. The van der Waals surface area contributed by atoms with Crippen molar-refractivity contribution in [3.05, 3.63) is 44.0 Å². The number of benzene rings is 1. The Morgan fingerprint density at radius 3 is 2.86 bits per heavy atom. The number of rotatable bonds is 4. The lowest BCUT2D eigenvalue weighted by molar-refractivity contribution is -0.117. The monoisotopic (exact) mass is 496 g/mol. The van der Waals surface area contributed by atoms with Crippen molar-refractivity contribution in [3.63, 3.8) is 0 Å². The highest BCUT2D eigenvalue weighted by Crippen LogP contribution is 2.32. The molecule has 154 valence electrons. The largest absolute Gasteiger partial charge is 0.369 e. The van der Waals surface area contributed by atoms with Crippen molar-refractivity contribution in [3.8, 4) is 0 Å². The van der Waals surface area contributed by atoms with Crippen LogP contribution in [0.4, 0.5) is 11.4 Å². The summed E-state index contributed by atoms with van der Waals surface area (Å²) in [5, 5.41) is 7.00. The lowest BCUT2D eigenvalue weighted by Crippen LogP contribution is -2.36. The van der Waals surface area contributed by atoms with E-state index in [1.807, 2.05) is 24.3 Å². The summed E-state index contributed by atoms with van der Waals surface area (Å²) in [6.45, 7) is 4.27. The first-order chi connectivity index (χ1) is 14.0. The molecule has 2 aromatic rings. The minimum absolute atomic E-state index is 0.00884. The van der Waals surface area contributed by atoms with Crippen LogP contribution in [0.3, 0.4) is 0 Å². The van der Waals surface area contributed by atoms with Crippen molar-refractivity contribution in [1.29, 1.82) is 0 Å². The molecule has 2 aliphatic rings. The smallest absolute Gasteiger partial charge is 0.261 e. The molecule has 0 saturated carbocycles. The molecule has 1 atom stereocenters.